The molecule has 0 saturated carbocycles. The largest absolute Gasteiger partial charge is 0.497 e. The van der Waals surface area contributed by atoms with Crippen LogP contribution in [-0.2, 0) is 4.79 Å². The first kappa shape index (κ1) is 20.4. The Hall–Kier alpha value is -3.87. The lowest BCUT2D eigenvalue weighted by Gasteiger charge is -2.20. The first-order valence-corrected chi connectivity index (χ1v) is 9.86. The molecule has 0 spiro atoms. The van der Waals surface area contributed by atoms with E-state index in [9.17, 15) is 9.59 Å². The Labute approximate surface area is 179 Å². The summed E-state index contributed by atoms with van der Waals surface area (Å²) >= 11 is 0. The van der Waals surface area contributed by atoms with Gasteiger partial charge in [-0.2, -0.15) is 5.10 Å². The van der Waals surface area contributed by atoms with Crippen LogP contribution in [0.4, 0.5) is 0 Å². The van der Waals surface area contributed by atoms with Gasteiger partial charge in [0.1, 0.15) is 23.3 Å². The smallest absolute Gasteiger partial charge is 0.281 e. The molecule has 1 aromatic heterocycles. The fourth-order valence-corrected chi connectivity index (χ4v) is 3.42. The highest BCUT2D eigenvalue weighted by molar-refractivity contribution is 6.03. The molecule has 7 heteroatoms. The van der Waals surface area contributed by atoms with E-state index in [0.29, 0.717) is 23.5 Å². The van der Waals surface area contributed by atoms with E-state index in [1.54, 1.807) is 43.7 Å². The molecule has 158 valence electrons. The van der Waals surface area contributed by atoms with E-state index >= 15 is 0 Å². The Morgan fingerprint density at radius 1 is 1.10 bits per heavy atom. The van der Waals surface area contributed by atoms with Crippen molar-refractivity contribution >= 4 is 17.4 Å². The van der Waals surface area contributed by atoms with Crippen LogP contribution in [0.5, 0.6) is 11.5 Å². The average Bonchev–Trinajstić information content (AvgIpc) is 3.48. The van der Waals surface area contributed by atoms with Crippen molar-refractivity contribution in [1.29, 1.82) is 0 Å². The molecule has 2 heterocycles. The van der Waals surface area contributed by atoms with E-state index in [4.69, 9.17) is 13.9 Å². The number of carbonyl (C=O) groups excluding carboxylic acids is 2. The number of benzene rings is 2. The van der Waals surface area contributed by atoms with E-state index in [2.05, 4.69) is 5.10 Å². The van der Waals surface area contributed by atoms with Gasteiger partial charge >= 0.3 is 0 Å². The van der Waals surface area contributed by atoms with Gasteiger partial charge in [-0.3, -0.25) is 9.59 Å². The van der Waals surface area contributed by atoms with Crippen molar-refractivity contribution in [1.82, 2.24) is 5.01 Å². The van der Waals surface area contributed by atoms with Gasteiger partial charge in [-0.15, -0.1) is 0 Å². The van der Waals surface area contributed by atoms with Crippen LogP contribution in [0.3, 0.4) is 0 Å². The Morgan fingerprint density at radius 3 is 2.58 bits per heavy atom. The maximum Gasteiger partial charge on any atom is 0.281 e. The summed E-state index contributed by atoms with van der Waals surface area (Å²) in [6.45, 7) is 1.27. The summed E-state index contributed by atoms with van der Waals surface area (Å²) in [6.07, 6.45) is 2.10. The van der Waals surface area contributed by atoms with Crippen LogP contribution in [-0.4, -0.2) is 36.1 Å². The second kappa shape index (κ2) is 8.87. The van der Waals surface area contributed by atoms with Crippen molar-refractivity contribution in [2.24, 2.45) is 5.10 Å². The summed E-state index contributed by atoms with van der Waals surface area (Å²) in [5, 5.41) is 5.98. The van der Waals surface area contributed by atoms with Crippen LogP contribution < -0.4 is 9.47 Å². The molecule has 31 heavy (non-hydrogen) atoms. The molecule has 7 nitrogen and oxygen atoms in total. The predicted molar refractivity (Wildman–Crippen MR) is 114 cm³/mol. The van der Waals surface area contributed by atoms with Crippen LogP contribution in [0, 0.1) is 0 Å². The van der Waals surface area contributed by atoms with Crippen LogP contribution in [0.1, 0.15) is 41.1 Å². The lowest BCUT2D eigenvalue weighted by atomic mass is 10.0. The van der Waals surface area contributed by atoms with Crippen molar-refractivity contribution in [3.63, 3.8) is 0 Å². The van der Waals surface area contributed by atoms with Crippen LogP contribution in [0.2, 0.25) is 0 Å². The molecule has 0 N–H and O–H groups in total. The zero-order valence-electron chi connectivity index (χ0n) is 17.3. The number of hydrogen-bond acceptors (Lipinski definition) is 6. The molecule has 0 unspecified atom stereocenters. The highest BCUT2D eigenvalue weighted by Gasteiger charge is 2.35. The van der Waals surface area contributed by atoms with Gasteiger partial charge in [-0.25, -0.2) is 5.01 Å². The third-order valence-electron chi connectivity index (χ3n) is 5.06. The van der Waals surface area contributed by atoms with Gasteiger partial charge < -0.3 is 13.9 Å². The number of rotatable bonds is 7. The minimum Gasteiger partial charge on any atom is -0.497 e. The molecule has 1 atom stereocenters. The second-order valence-electron chi connectivity index (χ2n) is 7.12. The van der Waals surface area contributed by atoms with E-state index in [1.165, 1.54) is 11.9 Å². The number of hydrogen-bond donors (Lipinski definition) is 0. The molecule has 2 aromatic carbocycles. The molecular weight excluding hydrogens is 396 g/mol. The number of furan rings is 1. The third-order valence-corrected chi connectivity index (χ3v) is 5.06. The van der Waals surface area contributed by atoms with E-state index < -0.39 is 0 Å². The minimum atomic E-state index is -0.355. The summed E-state index contributed by atoms with van der Waals surface area (Å²) in [6, 6.07) is 17.5. The molecule has 3 aromatic rings. The van der Waals surface area contributed by atoms with Crippen molar-refractivity contribution < 1.29 is 23.5 Å². The van der Waals surface area contributed by atoms with E-state index in [1.807, 2.05) is 30.3 Å². The van der Waals surface area contributed by atoms with Crippen molar-refractivity contribution in [3.05, 3.63) is 83.8 Å². The Morgan fingerprint density at radius 2 is 1.90 bits per heavy atom. The number of amides is 1. The van der Waals surface area contributed by atoms with Gasteiger partial charge in [0.05, 0.1) is 19.1 Å². The minimum absolute atomic E-state index is 0.0667. The summed E-state index contributed by atoms with van der Waals surface area (Å²) in [5.74, 6) is 1.48. The van der Waals surface area contributed by atoms with Crippen molar-refractivity contribution in [2.75, 3.05) is 13.7 Å². The summed E-state index contributed by atoms with van der Waals surface area (Å²) in [5.41, 5.74) is 2.21. The monoisotopic (exact) mass is 418 g/mol. The number of hydrazone groups is 1. The average molecular weight is 418 g/mol. The predicted octanol–water partition coefficient (Wildman–Crippen LogP) is 4.25. The summed E-state index contributed by atoms with van der Waals surface area (Å²) in [4.78, 5) is 24.5. The fraction of sp³-hybridized carbons (Fsp3) is 0.208. The van der Waals surface area contributed by atoms with Crippen LogP contribution in [0.15, 0.2) is 76.4 Å². The van der Waals surface area contributed by atoms with Gasteiger partial charge in [0.2, 0.25) is 0 Å². The first-order chi connectivity index (χ1) is 15.0. The van der Waals surface area contributed by atoms with E-state index in [-0.39, 0.29) is 24.3 Å². The number of methoxy groups -OCH3 is 1. The van der Waals surface area contributed by atoms with Gasteiger partial charge in [0.25, 0.3) is 5.91 Å². The maximum atomic E-state index is 13.0. The van der Waals surface area contributed by atoms with E-state index in [0.717, 1.165) is 17.0 Å². The van der Waals surface area contributed by atoms with Crippen molar-refractivity contribution in [3.8, 4) is 11.5 Å². The highest BCUT2D eigenvalue weighted by Crippen LogP contribution is 2.33. The maximum absolute atomic E-state index is 13.0. The molecule has 0 fully saturated rings. The SMILES string of the molecule is COc1ccc(C2=NN(C(=O)COc3cccc(C(C)=O)c3)[C@@H](c3ccco3)C2)cc1. The standard InChI is InChI=1S/C24H22N2O5/c1-16(27)18-5-3-6-20(13-18)31-15-24(28)26-22(23-7-4-12-30-23)14-21(25-26)17-8-10-19(29-2)11-9-17/h3-13,22H,14-15H2,1-2H3/t22-/m1/s1. The zero-order valence-corrected chi connectivity index (χ0v) is 17.3. The summed E-state index contributed by atoms with van der Waals surface area (Å²) < 4.78 is 16.4. The highest BCUT2D eigenvalue weighted by atomic mass is 16.5. The second-order valence-corrected chi connectivity index (χ2v) is 7.12. The first-order valence-electron chi connectivity index (χ1n) is 9.86. The van der Waals surface area contributed by atoms with Gasteiger partial charge in [-0.1, -0.05) is 12.1 Å². The molecule has 1 aliphatic heterocycles. The lowest BCUT2D eigenvalue weighted by Crippen LogP contribution is -2.31. The lowest BCUT2D eigenvalue weighted by molar-refractivity contribution is -0.135. The molecule has 1 amide bonds. The van der Waals surface area contributed by atoms with Gasteiger partial charge in [-0.05, 0) is 61.0 Å². The number of ketones is 1. The Bertz CT molecular complexity index is 1100. The quantitative estimate of drug-likeness (QED) is 0.536. The van der Waals surface area contributed by atoms with Crippen LogP contribution in [0.25, 0.3) is 0 Å². The molecule has 4 rings (SSSR count). The fourth-order valence-electron chi connectivity index (χ4n) is 3.42. The summed E-state index contributed by atoms with van der Waals surface area (Å²) in [7, 11) is 1.61. The van der Waals surface area contributed by atoms with Gasteiger partial charge in [0, 0.05) is 12.0 Å². The molecule has 0 bridgehead atoms. The number of ether oxygens (including phenoxy) is 2. The van der Waals surface area contributed by atoms with Gasteiger partial charge in [0.15, 0.2) is 12.4 Å². The number of nitrogens with zero attached hydrogens (tertiary/aromatic N) is 2. The zero-order chi connectivity index (χ0) is 21.8. The molecule has 0 saturated heterocycles. The number of Topliss-reactive ketones (excluding diaryl/α,β-unsaturated/α-hetero) is 1. The Kier molecular flexibility index (Phi) is 5.84. The van der Waals surface area contributed by atoms with Crippen molar-refractivity contribution in [2.45, 2.75) is 19.4 Å². The Balaban J connectivity index is 1.53. The molecule has 0 aliphatic carbocycles. The topological polar surface area (TPSA) is 81.3 Å². The molecule has 0 radical (unpaired) electrons. The molecular formula is C24H22N2O5. The third kappa shape index (κ3) is 4.50. The van der Waals surface area contributed by atoms with Crippen LogP contribution >= 0.6 is 0 Å². The molecule has 1 aliphatic rings. The number of carbonyl (C=O) groups is 2. The normalized spacial score (nSPS) is 15.5.